The highest BCUT2D eigenvalue weighted by atomic mass is 35.5. The number of aryl methyl sites for hydroxylation is 1. The van der Waals surface area contributed by atoms with Gasteiger partial charge in [0.05, 0.1) is 22.0 Å². The van der Waals surface area contributed by atoms with Gasteiger partial charge in [0, 0.05) is 23.7 Å². The summed E-state index contributed by atoms with van der Waals surface area (Å²) in [5, 5.41) is 0.767. The van der Waals surface area contributed by atoms with E-state index in [9.17, 15) is 17.6 Å². The molecule has 0 unspecified atom stereocenters. The number of ketones is 1. The second-order valence-electron chi connectivity index (χ2n) is 6.54. The number of anilines is 1. The number of aromatic nitrogens is 2. The first-order chi connectivity index (χ1) is 13.2. The Hall–Kier alpha value is -2.45. The van der Waals surface area contributed by atoms with E-state index >= 15 is 0 Å². The summed E-state index contributed by atoms with van der Waals surface area (Å²) in [6.45, 7) is 3.59. The molecule has 2 heterocycles. The highest BCUT2D eigenvalue weighted by Gasteiger charge is 2.22. The van der Waals surface area contributed by atoms with Crippen molar-refractivity contribution in [2.24, 2.45) is 0 Å². The Kier molecular flexibility index (Phi) is 5.71. The number of halogens is 2. The van der Waals surface area contributed by atoms with Gasteiger partial charge in [-0.05, 0) is 43.2 Å². The molecule has 148 valence electrons. The lowest BCUT2D eigenvalue weighted by molar-refractivity contribution is 0.0989. The third kappa shape index (κ3) is 4.34. The molecule has 0 amide bonds. The Bertz CT molecular complexity index is 1160. The Morgan fingerprint density at radius 1 is 1.32 bits per heavy atom. The summed E-state index contributed by atoms with van der Waals surface area (Å²) < 4.78 is 40.9. The molecule has 28 heavy (non-hydrogen) atoms. The third-order valence-electron chi connectivity index (χ3n) is 4.13. The van der Waals surface area contributed by atoms with Crippen LogP contribution in [0.25, 0.3) is 11.0 Å². The van der Waals surface area contributed by atoms with E-state index in [4.69, 9.17) is 11.6 Å². The fourth-order valence-corrected chi connectivity index (χ4v) is 4.33. The van der Waals surface area contributed by atoms with Crippen molar-refractivity contribution in [3.63, 3.8) is 0 Å². The number of rotatable bonds is 7. The Balaban J connectivity index is 1.90. The minimum Gasteiger partial charge on any atom is -0.344 e. The molecule has 0 aliphatic carbocycles. The molecule has 0 fully saturated rings. The molecule has 3 aromatic rings. The summed E-state index contributed by atoms with van der Waals surface area (Å²) in [6, 6.07) is 6.20. The number of pyridine rings is 1. The summed E-state index contributed by atoms with van der Waals surface area (Å²) in [5.41, 5.74) is 1.60. The number of hydrogen-bond acceptors (Lipinski definition) is 4. The maximum Gasteiger partial charge on any atom is 0.232 e. The lowest BCUT2D eigenvalue weighted by Crippen LogP contribution is -2.18. The summed E-state index contributed by atoms with van der Waals surface area (Å²) in [5.74, 6) is -1.70. The van der Waals surface area contributed by atoms with E-state index < -0.39 is 21.6 Å². The van der Waals surface area contributed by atoms with Gasteiger partial charge in [-0.15, -0.1) is 0 Å². The Morgan fingerprint density at radius 3 is 2.79 bits per heavy atom. The molecule has 0 spiro atoms. The number of hydrogen-bond donors (Lipinski definition) is 2. The van der Waals surface area contributed by atoms with Gasteiger partial charge in [-0.25, -0.2) is 17.8 Å². The number of carbonyl (C=O) groups excluding carboxylic acids is 1. The van der Waals surface area contributed by atoms with Crippen molar-refractivity contribution in [2.75, 3.05) is 10.5 Å². The van der Waals surface area contributed by atoms with Gasteiger partial charge >= 0.3 is 0 Å². The molecule has 0 saturated carbocycles. The van der Waals surface area contributed by atoms with Crippen LogP contribution in [0, 0.1) is 12.7 Å². The average molecular weight is 424 g/mol. The standard InChI is InChI=1S/C19H19ClFN3O3S/c1-3-6-28(26,27)24-15-5-4-14(20)17(18(15)21)16(25)9-12-8-13-7-11(2)23-19(13)22-10-12/h4-5,7-8,10,24H,3,6,9H2,1-2H3,(H,22,23). The summed E-state index contributed by atoms with van der Waals surface area (Å²) in [4.78, 5) is 20.0. The van der Waals surface area contributed by atoms with Gasteiger partial charge in [0.15, 0.2) is 11.6 Å². The van der Waals surface area contributed by atoms with E-state index in [0.29, 0.717) is 17.6 Å². The Morgan fingerprint density at radius 2 is 2.07 bits per heavy atom. The zero-order chi connectivity index (χ0) is 20.5. The van der Waals surface area contributed by atoms with E-state index in [2.05, 4.69) is 14.7 Å². The van der Waals surface area contributed by atoms with Gasteiger partial charge in [-0.2, -0.15) is 0 Å². The van der Waals surface area contributed by atoms with Crippen molar-refractivity contribution < 1.29 is 17.6 Å². The van der Waals surface area contributed by atoms with Gasteiger partial charge < -0.3 is 4.98 Å². The van der Waals surface area contributed by atoms with E-state index in [-0.39, 0.29) is 28.4 Å². The quantitative estimate of drug-likeness (QED) is 0.556. The highest BCUT2D eigenvalue weighted by Crippen LogP contribution is 2.28. The van der Waals surface area contributed by atoms with Crippen molar-refractivity contribution >= 4 is 44.1 Å². The molecule has 9 heteroatoms. The van der Waals surface area contributed by atoms with Gasteiger partial charge in [0.1, 0.15) is 5.65 Å². The molecule has 1 aromatic carbocycles. The van der Waals surface area contributed by atoms with Crippen LogP contribution in [-0.2, 0) is 16.4 Å². The van der Waals surface area contributed by atoms with Crippen LogP contribution >= 0.6 is 11.6 Å². The minimum atomic E-state index is -3.70. The molecular weight excluding hydrogens is 405 g/mol. The normalized spacial score (nSPS) is 11.7. The number of benzene rings is 1. The summed E-state index contributed by atoms with van der Waals surface area (Å²) >= 11 is 6.03. The first kappa shape index (κ1) is 20.3. The zero-order valence-electron chi connectivity index (χ0n) is 15.3. The summed E-state index contributed by atoms with van der Waals surface area (Å²) in [7, 11) is -3.70. The van der Waals surface area contributed by atoms with Crippen molar-refractivity contribution in [1.82, 2.24) is 9.97 Å². The van der Waals surface area contributed by atoms with Crippen LogP contribution in [0.3, 0.4) is 0 Å². The van der Waals surface area contributed by atoms with Crippen LogP contribution in [0.1, 0.15) is 35.0 Å². The molecule has 2 N–H and O–H groups in total. The number of fused-ring (bicyclic) bond motifs is 1. The smallest absolute Gasteiger partial charge is 0.232 e. The molecule has 0 saturated heterocycles. The van der Waals surface area contributed by atoms with Crippen LogP contribution in [0.5, 0.6) is 0 Å². The van der Waals surface area contributed by atoms with Crippen LogP contribution in [0.2, 0.25) is 5.02 Å². The molecule has 0 bridgehead atoms. The number of Topliss-reactive ketones (excluding diaryl/α,β-unsaturated/α-hetero) is 1. The molecule has 0 radical (unpaired) electrons. The number of H-pyrrole nitrogens is 1. The molecule has 0 aliphatic rings. The van der Waals surface area contributed by atoms with Crippen molar-refractivity contribution in [1.29, 1.82) is 0 Å². The predicted octanol–water partition coefficient (Wildman–Crippen LogP) is 4.24. The minimum absolute atomic E-state index is 0.0764. The Labute approximate surface area is 167 Å². The molecular formula is C19H19ClFN3O3S. The van der Waals surface area contributed by atoms with E-state index in [1.807, 2.05) is 13.0 Å². The van der Waals surface area contributed by atoms with Crippen LogP contribution in [0.4, 0.5) is 10.1 Å². The first-order valence-corrected chi connectivity index (χ1v) is 10.7. The maximum absolute atomic E-state index is 14.9. The van der Waals surface area contributed by atoms with Gasteiger partial charge in [0.2, 0.25) is 10.0 Å². The van der Waals surface area contributed by atoms with Gasteiger partial charge in [0.25, 0.3) is 0 Å². The molecule has 6 nitrogen and oxygen atoms in total. The van der Waals surface area contributed by atoms with Crippen molar-refractivity contribution in [3.8, 4) is 0 Å². The monoisotopic (exact) mass is 423 g/mol. The molecule has 3 rings (SSSR count). The van der Waals surface area contributed by atoms with E-state index in [1.54, 1.807) is 13.0 Å². The largest absolute Gasteiger partial charge is 0.344 e. The molecule has 0 atom stereocenters. The number of nitrogens with zero attached hydrogens (tertiary/aromatic N) is 1. The summed E-state index contributed by atoms with van der Waals surface area (Å²) in [6.07, 6.45) is 1.80. The van der Waals surface area contributed by atoms with Gasteiger partial charge in [-0.3, -0.25) is 9.52 Å². The number of sulfonamides is 1. The third-order valence-corrected chi connectivity index (χ3v) is 5.93. The zero-order valence-corrected chi connectivity index (χ0v) is 16.9. The first-order valence-electron chi connectivity index (χ1n) is 8.66. The van der Waals surface area contributed by atoms with Crippen LogP contribution in [0.15, 0.2) is 30.5 Å². The molecule has 0 aliphatic heterocycles. The second kappa shape index (κ2) is 7.89. The fourth-order valence-electron chi connectivity index (χ4n) is 2.94. The van der Waals surface area contributed by atoms with E-state index in [1.165, 1.54) is 18.3 Å². The molecule has 2 aromatic heterocycles. The van der Waals surface area contributed by atoms with Gasteiger partial charge in [-0.1, -0.05) is 18.5 Å². The lowest BCUT2D eigenvalue weighted by Gasteiger charge is -2.12. The second-order valence-corrected chi connectivity index (χ2v) is 8.79. The number of aromatic amines is 1. The highest BCUT2D eigenvalue weighted by molar-refractivity contribution is 7.92. The fraction of sp³-hybridized carbons (Fsp3) is 0.263. The average Bonchev–Trinajstić information content (AvgIpc) is 2.96. The predicted molar refractivity (Wildman–Crippen MR) is 108 cm³/mol. The SMILES string of the molecule is CCCS(=O)(=O)Nc1ccc(Cl)c(C(=O)Cc2cnc3[nH]c(C)cc3c2)c1F. The van der Waals surface area contributed by atoms with Crippen LogP contribution in [-0.4, -0.2) is 29.9 Å². The van der Waals surface area contributed by atoms with Crippen molar-refractivity contribution in [3.05, 3.63) is 58.1 Å². The number of nitrogens with one attached hydrogen (secondary N) is 2. The maximum atomic E-state index is 14.9. The lowest BCUT2D eigenvalue weighted by atomic mass is 10.0. The van der Waals surface area contributed by atoms with Crippen molar-refractivity contribution in [2.45, 2.75) is 26.7 Å². The topological polar surface area (TPSA) is 91.9 Å². The van der Waals surface area contributed by atoms with Crippen LogP contribution < -0.4 is 4.72 Å². The van der Waals surface area contributed by atoms with E-state index in [0.717, 1.165) is 11.1 Å². The number of carbonyl (C=O) groups is 1.